The van der Waals surface area contributed by atoms with Gasteiger partial charge >= 0.3 is 0 Å². The van der Waals surface area contributed by atoms with Crippen LogP contribution in [0.2, 0.25) is 5.02 Å². The van der Waals surface area contributed by atoms with Crippen LogP contribution in [0.5, 0.6) is 0 Å². The van der Waals surface area contributed by atoms with E-state index in [4.69, 9.17) is 16.0 Å². The summed E-state index contributed by atoms with van der Waals surface area (Å²) in [4.78, 5) is 0. The van der Waals surface area contributed by atoms with Gasteiger partial charge in [0.1, 0.15) is 11.6 Å². The summed E-state index contributed by atoms with van der Waals surface area (Å²) in [7, 11) is 0. The highest BCUT2D eigenvalue weighted by atomic mass is 127. The Bertz CT molecular complexity index is 500. The molecule has 0 spiro atoms. The largest absolute Gasteiger partial charge is 0.454 e. The van der Waals surface area contributed by atoms with Gasteiger partial charge in [0.15, 0.2) is 3.77 Å². The first-order chi connectivity index (χ1) is 7.65. The molecule has 0 amide bonds. The molecular weight excluding hydrogens is 343 g/mol. The number of hydrogen-bond acceptors (Lipinski definition) is 2. The normalized spacial score (nSPS) is 10.4. The number of benzene rings is 1. The van der Waals surface area contributed by atoms with Crippen LogP contribution in [-0.4, -0.2) is 0 Å². The lowest BCUT2D eigenvalue weighted by molar-refractivity contribution is 0.493. The zero-order valence-electron chi connectivity index (χ0n) is 8.14. The molecule has 0 fully saturated rings. The summed E-state index contributed by atoms with van der Waals surface area (Å²) in [5.41, 5.74) is 0.762. The molecule has 0 aliphatic rings. The summed E-state index contributed by atoms with van der Waals surface area (Å²) in [5.74, 6) is 0.407. The highest BCUT2D eigenvalue weighted by molar-refractivity contribution is 14.1. The average molecular weight is 352 g/mol. The first kappa shape index (κ1) is 11.7. The Kier molecular flexibility index (Phi) is 3.70. The second-order valence-electron chi connectivity index (χ2n) is 3.19. The SMILES string of the molecule is Fc1ccc(NCc2ccc(I)o2)cc1Cl. The molecule has 0 saturated carbocycles. The smallest absolute Gasteiger partial charge is 0.164 e. The standard InChI is InChI=1S/C11H8ClFINO/c12-9-5-7(1-3-10(9)13)15-6-8-2-4-11(14)16-8/h1-5,15H,6H2. The van der Waals surface area contributed by atoms with Crippen LogP contribution in [0.15, 0.2) is 34.7 Å². The van der Waals surface area contributed by atoms with E-state index in [9.17, 15) is 4.39 Å². The molecule has 84 valence electrons. The van der Waals surface area contributed by atoms with E-state index in [0.29, 0.717) is 6.54 Å². The van der Waals surface area contributed by atoms with Crippen molar-refractivity contribution in [3.05, 3.63) is 50.7 Å². The van der Waals surface area contributed by atoms with Gasteiger partial charge in [0, 0.05) is 5.69 Å². The molecule has 2 nitrogen and oxygen atoms in total. The number of nitrogens with one attached hydrogen (secondary N) is 1. The minimum absolute atomic E-state index is 0.110. The maximum atomic E-state index is 12.9. The van der Waals surface area contributed by atoms with E-state index in [1.165, 1.54) is 6.07 Å². The third-order valence-corrected chi connectivity index (χ3v) is 2.88. The van der Waals surface area contributed by atoms with E-state index in [2.05, 4.69) is 27.9 Å². The molecule has 1 aromatic heterocycles. The molecule has 0 saturated heterocycles. The number of anilines is 1. The van der Waals surface area contributed by atoms with E-state index in [0.717, 1.165) is 15.2 Å². The van der Waals surface area contributed by atoms with Crippen LogP contribution in [0.1, 0.15) is 5.76 Å². The van der Waals surface area contributed by atoms with Crippen LogP contribution < -0.4 is 5.32 Å². The van der Waals surface area contributed by atoms with Gasteiger partial charge in [-0.2, -0.15) is 0 Å². The molecule has 0 atom stereocenters. The summed E-state index contributed by atoms with van der Waals surface area (Å²) >= 11 is 7.76. The van der Waals surface area contributed by atoms with E-state index >= 15 is 0 Å². The third-order valence-electron chi connectivity index (χ3n) is 2.02. The van der Waals surface area contributed by atoms with Crippen molar-refractivity contribution < 1.29 is 8.81 Å². The summed E-state index contributed by atoms with van der Waals surface area (Å²) < 4.78 is 19.1. The quantitative estimate of drug-likeness (QED) is 0.835. The number of rotatable bonds is 3. The maximum absolute atomic E-state index is 12.9. The van der Waals surface area contributed by atoms with Crippen LogP contribution in [0.4, 0.5) is 10.1 Å². The van der Waals surface area contributed by atoms with E-state index in [1.54, 1.807) is 12.1 Å². The summed E-state index contributed by atoms with van der Waals surface area (Å²) in [6.07, 6.45) is 0. The monoisotopic (exact) mass is 351 g/mol. The van der Waals surface area contributed by atoms with Gasteiger partial charge in [0.05, 0.1) is 11.6 Å². The molecular formula is C11H8ClFINO. The van der Waals surface area contributed by atoms with Crippen molar-refractivity contribution in [2.24, 2.45) is 0 Å². The minimum atomic E-state index is -0.417. The molecule has 5 heteroatoms. The molecule has 1 N–H and O–H groups in total. The molecule has 0 radical (unpaired) electrons. The zero-order chi connectivity index (χ0) is 11.5. The molecule has 0 aliphatic carbocycles. The van der Waals surface area contributed by atoms with Crippen LogP contribution in [0.25, 0.3) is 0 Å². The number of furan rings is 1. The van der Waals surface area contributed by atoms with Crippen molar-refractivity contribution in [2.75, 3.05) is 5.32 Å². The lowest BCUT2D eigenvalue weighted by Crippen LogP contribution is -1.98. The maximum Gasteiger partial charge on any atom is 0.164 e. The molecule has 0 aliphatic heterocycles. The molecule has 0 bridgehead atoms. The second-order valence-corrected chi connectivity index (χ2v) is 4.66. The van der Waals surface area contributed by atoms with Crippen molar-refractivity contribution >= 4 is 39.9 Å². The Hall–Kier alpha value is -0.750. The highest BCUT2D eigenvalue weighted by Gasteiger charge is 2.02. The van der Waals surface area contributed by atoms with Gasteiger partial charge in [-0.25, -0.2) is 4.39 Å². The average Bonchev–Trinajstić information content (AvgIpc) is 2.66. The topological polar surface area (TPSA) is 25.2 Å². The second kappa shape index (κ2) is 5.05. The van der Waals surface area contributed by atoms with E-state index in [-0.39, 0.29) is 5.02 Å². The number of hydrogen-bond donors (Lipinski definition) is 1. The van der Waals surface area contributed by atoms with Crippen molar-refractivity contribution in [2.45, 2.75) is 6.54 Å². The molecule has 1 aromatic carbocycles. The van der Waals surface area contributed by atoms with Crippen LogP contribution >= 0.6 is 34.2 Å². The predicted octanol–water partition coefficient (Wildman–Crippen LogP) is 4.29. The summed E-state index contributed by atoms with van der Waals surface area (Å²) in [5, 5.41) is 3.20. The van der Waals surface area contributed by atoms with Gasteiger partial charge in [-0.15, -0.1) is 0 Å². The fraction of sp³-hybridized carbons (Fsp3) is 0.0909. The Labute approximate surface area is 111 Å². The first-order valence-corrected chi connectivity index (χ1v) is 6.04. The highest BCUT2D eigenvalue weighted by Crippen LogP contribution is 2.20. The Morgan fingerprint density at radius 2 is 2.12 bits per heavy atom. The minimum Gasteiger partial charge on any atom is -0.454 e. The van der Waals surface area contributed by atoms with Gasteiger partial charge in [-0.05, 0) is 52.9 Å². The zero-order valence-corrected chi connectivity index (χ0v) is 11.0. The van der Waals surface area contributed by atoms with Gasteiger partial charge in [-0.1, -0.05) is 11.6 Å². The molecule has 0 unspecified atom stereocenters. The van der Waals surface area contributed by atoms with Crippen molar-refractivity contribution in [3.63, 3.8) is 0 Å². The summed E-state index contributed by atoms with van der Waals surface area (Å²) in [6, 6.07) is 8.28. The lowest BCUT2D eigenvalue weighted by atomic mass is 10.3. The van der Waals surface area contributed by atoms with Gasteiger partial charge in [-0.3, -0.25) is 0 Å². The van der Waals surface area contributed by atoms with Gasteiger partial charge in [0.2, 0.25) is 0 Å². The molecule has 1 heterocycles. The predicted molar refractivity (Wildman–Crippen MR) is 70.2 cm³/mol. The van der Waals surface area contributed by atoms with Crippen LogP contribution in [0, 0.1) is 9.58 Å². The van der Waals surface area contributed by atoms with Crippen LogP contribution in [-0.2, 0) is 6.54 Å². The first-order valence-electron chi connectivity index (χ1n) is 4.58. The van der Waals surface area contributed by atoms with E-state index in [1.807, 2.05) is 12.1 Å². The van der Waals surface area contributed by atoms with Gasteiger partial charge in [0.25, 0.3) is 0 Å². The Balaban J connectivity index is 2.02. The summed E-state index contributed by atoms with van der Waals surface area (Å²) in [6.45, 7) is 0.547. The third kappa shape index (κ3) is 2.89. The Morgan fingerprint density at radius 3 is 2.75 bits per heavy atom. The molecule has 2 rings (SSSR count). The van der Waals surface area contributed by atoms with Crippen molar-refractivity contribution in [1.82, 2.24) is 0 Å². The van der Waals surface area contributed by atoms with Gasteiger partial charge < -0.3 is 9.73 Å². The van der Waals surface area contributed by atoms with E-state index < -0.39 is 5.82 Å². The fourth-order valence-electron chi connectivity index (χ4n) is 1.24. The van der Waals surface area contributed by atoms with Crippen LogP contribution in [0.3, 0.4) is 0 Å². The van der Waals surface area contributed by atoms with Crippen molar-refractivity contribution in [1.29, 1.82) is 0 Å². The Morgan fingerprint density at radius 1 is 1.31 bits per heavy atom. The fourth-order valence-corrected chi connectivity index (χ4v) is 1.89. The molecule has 16 heavy (non-hydrogen) atoms. The number of halogens is 3. The lowest BCUT2D eigenvalue weighted by Gasteiger charge is -2.04. The van der Waals surface area contributed by atoms with Crippen molar-refractivity contribution in [3.8, 4) is 0 Å². The molecule has 2 aromatic rings.